The van der Waals surface area contributed by atoms with Gasteiger partial charge in [0.25, 0.3) is 5.91 Å². The van der Waals surface area contributed by atoms with E-state index in [-0.39, 0.29) is 5.91 Å². The van der Waals surface area contributed by atoms with Crippen LogP contribution in [0.3, 0.4) is 0 Å². The van der Waals surface area contributed by atoms with Crippen molar-refractivity contribution in [3.8, 4) is 17.1 Å². The Hall–Kier alpha value is -3.72. The lowest BCUT2D eigenvalue weighted by Crippen LogP contribution is -2.45. The summed E-state index contributed by atoms with van der Waals surface area (Å²) < 4.78 is 5.62. The zero-order valence-corrected chi connectivity index (χ0v) is 24.7. The Morgan fingerprint density at radius 3 is 2.46 bits per heavy atom. The fraction of sp³-hybridized carbons (Fsp3) is 0.394. The number of methoxy groups -OCH3 is 1. The van der Waals surface area contributed by atoms with E-state index in [0.29, 0.717) is 5.56 Å². The van der Waals surface area contributed by atoms with Gasteiger partial charge in [-0.3, -0.25) is 9.69 Å². The van der Waals surface area contributed by atoms with Crippen molar-refractivity contribution in [3.05, 3.63) is 77.4 Å². The lowest BCUT2D eigenvalue weighted by Gasteiger charge is -2.32. The predicted molar refractivity (Wildman–Crippen MR) is 167 cm³/mol. The number of nitrogens with one attached hydrogen (secondary N) is 2. The van der Waals surface area contributed by atoms with Gasteiger partial charge >= 0.3 is 0 Å². The number of likely N-dealkylation sites (N-methyl/N-ethyl adjacent to an activating group) is 1. The molecule has 8 nitrogen and oxygen atoms in total. The van der Waals surface area contributed by atoms with Crippen molar-refractivity contribution in [1.82, 2.24) is 24.7 Å². The number of carbonyl (C=O) groups is 1. The predicted octanol–water partition coefficient (Wildman–Crippen LogP) is 5.12. The van der Waals surface area contributed by atoms with Gasteiger partial charge in [-0.1, -0.05) is 26.0 Å². The second-order valence-corrected chi connectivity index (χ2v) is 10.9. The average molecular weight is 555 g/mol. The Morgan fingerprint density at radius 1 is 1.00 bits per heavy atom. The number of anilines is 1. The van der Waals surface area contributed by atoms with Gasteiger partial charge in [-0.15, -0.1) is 0 Å². The molecule has 0 unspecified atom stereocenters. The number of H-pyrrole nitrogens is 1. The standard InChI is InChI=1S/C33H42N6O2/c1-5-38(6-2)23-27-21-25(10-14-31(27)41-4)32-35-29-13-9-26(22-30(29)36-32)33(40)34-28-11-7-24(8-12-28)15-16-39-19-17-37(3)18-20-39/h7-14,21-22H,5-6,15-20,23H2,1-4H3,(H,34,40)(H,35,36). The molecule has 8 heteroatoms. The molecule has 0 bridgehead atoms. The number of benzene rings is 3. The first kappa shape index (κ1) is 28.8. The summed E-state index contributed by atoms with van der Waals surface area (Å²) in [6.07, 6.45) is 1.02. The number of nitrogens with zero attached hydrogens (tertiary/aromatic N) is 4. The molecule has 4 aromatic rings. The van der Waals surface area contributed by atoms with Crippen molar-refractivity contribution in [2.45, 2.75) is 26.8 Å². The first-order valence-electron chi connectivity index (χ1n) is 14.7. The van der Waals surface area contributed by atoms with Crippen LogP contribution in [0.5, 0.6) is 5.75 Å². The number of rotatable bonds is 11. The minimum absolute atomic E-state index is 0.140. The minimum atomic E-state index is -0.140. The summed E-state index contributed by atoms with van der Waals surface area (Å²) in [4.78, 5) is 28.5. The van der Waals surface area contributed by atoms with Crippen LogP contribution in [0.15, 0.2) is 60.7 Å². The molecule has 5 rings (SSSR count). The lowest BCUT2D eigenvalue weighted by atomic mass is 10.1. The molecule has 1 aliphatic heterocycles. The molecule has 0 spiro atoms. The van der Waals surface area contributed by atoms with E-state index in [1.807, 2.05) is 42.5 Å². The summed E-state index contributed by atoms with van der Waals surface area (Å²) in [6, 6.07) is 19.9. The first-order valence-corrected chi connectivity index (χ1v) is 14.7. The fourth-order valence-electron chi connectivity index (χ4n) is 5.34. The highest BCUT2D eigenvalue weighted by Crippen LogP contribution is 2.28. The summed E-state index contributed by atoms with van der Waals surface area (Å²) in [5.74, 6) is 1.51. The second kappa shape index (κ2) is 13.3. The number of imidazole rings is 1. The number of aromatic nitrogens is 2. The molecule has 2 heterocycles. The largest absolute Gasteiger partial charge is 0.496 e. The number of hydrogen-bond acceptors (Lipinski definition) is 6. The van der Waals surface area contributed by atoms with Crippen molar-refractivity contribution in [2.24, 2.45) is 0 Å². The molecule has 0 atom stereocenters. The molecule has 0 radical (unpaired) electrons. The van der Waals surface area contributed by atoms with Crippen molar-refractivity contribution < 1.29 is 9.53 Å². The fourth-order valence-corrected chi connectivity index (χ4v) is 5.34. The van der Waals surface area contributed by atoms with Crippen LogP contribution in [-0.4, -0.2) is 90.5 Å². The van der Waals surface area contributed by atoms with Crippen LogP contribution in [0.25, 0.3) is 22.4 Å². The highest BCUT2D eigenvalue weighted by Gasteiger charge is 2.15. The number of carbonyl (C=O) groups excluding carboxylic acids is 1. The topological polar surface area (TPSA) is 76.7 Å². The molecule has 41 heavy (non-hydrogen) atoms. The van der Waals surface area contributed by atoms with Gasteiger partial charge in [-0.05, 0) is 80.7 Å². The van der Waals surface area contributed by atoms with Crippen LogP contribution >= 0.6 is 0 Å². The van der Waals surface area contributed by atoms with Gasteiger partial charge in [0.15, 0.2) is 0 Å². The lowest BCUT2D eigenvalue weighted by molar-refractivity contribution is 0.102. The SMILES string of the molecule is CCN(CC)Cc1cc(-c2nc3ccc(C(=O)Nc4ccc(CCN5CCN(C)CC5)cc4)cc3[nH]2)ccc1OC. The zero-order chi connectivity index (χ0) is 28.8. The number of hydrogen-bond donors (Lipinski definition) is 2. The van der Waals surface area contributed by atoms with E-state index < -0.39 is 0 Å². The number of ether oxygens (including phenoxy) is 1. The van der Waals surface area contributed by atoms with Crippen molar-refractivity contribution in [2.75, 3.05) is 65.3 Å². The minimum Gasteiger partial charge on any atom is -0.496 e. The van der Waals surface area contributed by atoms with Crippen molar-refractivity contribution in [1.29, 1.82) is 0 Å². The van der Waals surface area contributed by atoms with E-state index in [1.165, 1.54) is 5.56 Å². The van der Waals surface area contributed by atoms with Crippen LogP contribution in [0.1, 0.15) is 35.3 Å². The highest BCUT2D eigenvalue weighted by atomic mass is 16.5. The second-order valence-electron chi connectivity index (χ2n) is 10.9. The summed E-state index contributed by atoms with van der Waals surface area (Å²) in [7, 11) is 3.89. The third-order valence-corrected chi connectivity index (χ3v) is 8.11. The molecule has 1 aliphatic rings. The highest BCUT2D eigenvalue weighted by molar-refractivity contribution is 6.06. The van der Waals surface area contributed by atoms with E-state index in [2.05, 4.69) is 64.1 Å². The van der Waals surface area contributed by atoms with Crippen LogP contribution in [0.4, 0.5) is 5.69 Å². The van der Waals surface area contributed by atoms with Crippen LogP contribution in [0.2, 0.25) is 0 Å². The Kier molecular flexibility index (Phi) is 9.34. The van der Waals surface area contributed by atoms with E-state index in [0.717, 1.165) is 98.2 Å². The van der Waals surface area contributed by atoms with Gasteiger partial charge in [-0.25, -0.2) is 4.98 Å². The zero-order valence-electron chi connectivity index (χ0n) is 24.7. The molecular formula is C33H42N6O2. The Bertz CT molecular complexity index is 1450. The molecule has 2 N–H and O–H groups in total. The first-order chi connectivity index (χ1) is 19.9. The van der Waals surface area contributed by atoms with Crippen LogP contribution < -0.4 is 10.1 Å². The van der Waals surface area contributed by atoms with Gasteiger partial charge < -0.3 is 24.8 Å². The summed E-state index contributed by atoms with van der Waals surface area (Å²) in [5, 5.41) is 3.04. The summed E-state index contributed by atoms with van der Waals surface area (Å²) >= 11 is 0. The van der Waals surface area contributed by atoms with Gasteiger partial charge in [0.2, 0.25) is 0 Å². The van der Waals surface area contributed by atoms with E-state index in [4.69, 9.17) is 9.72 Å². The number of piperazine rings is 1. The maximum absolute atomic E-state index is 13.1. The van der Waals surface area contributed by atoms with Gasteiger partial charge in [0.1, 0.15) is 11.6 Å². The average Bonchev–Trinajstić information content (AvgIpc) is 3.44. The molecule has 1 amide bonds. The van der Waals surface area contributed by atoms with E-state index in [1.54, 1.807) is 7.11 Å². The maximum atomic E-state index is 13.1. The number of fused-ring (bicyclic) bond motifs is 1. The molecule has 0 saturated carbocycles. The molecule has 0 aliphatic carbocycles. The van der Waals surface area contributed by atoms with Crippen LogP contribution in [-0.2, 0) is 13.0 Å². The molecule has 216 valence electrons. The Morgan fingerprint density at radius 2 is 1.76 bits per heavy atom. The molecule has 3 aromatic carbocycles. The number of aromatic amines is 1. The summed E-state index contributed by atoms with van der Waals surface area (Å²) in [6.45, 7) is 12.7. The maximum Gasteiger partial charge on any atom is 0.255 e. The van der Waals surface area contributed by atoms with Crippen LogP contribution in [0, 0.1) is 0 Å². The van der Waals surface area contributed by atoms with Gasteiger partial charge in [-0.2, -0.15) is 0 Å². The molecular weight excluding hydrogens is 512 g/mol. The smallest absolute Gasteiger partial charge is 0.255 e. The third kappa shape index (κ3) is 7.14. The summed E-state index contributed by atoms with van der Waals surface area (Å²) in [5.41, 5.74) is 6.43. The van der Waals surface area contributed by atoms with Gasteiger partial charge in [0.05, 0.1) is 18.1 Å². The molecule has 1 aromatic heterocycles. The van der Waals surface area contributed by atoms with E-state index in [9.17, 15) is 4.79 Å². The van der Waals surface area contributed by atoms with Gasteiger partial charge in [0, 0.05) is 61.6 Å². The number of amides is 1. The normalized spacial score (nSPS) is 14.6. The third-order valence-electron chi connectivity index (χ3n) is 8.11. The van der Waals surface area contributed by atoms with Crippen molar-refractivity contribution >= 4 is 22.6 Å². The monoisotopic (exact) mass is 554 g/mol. The molecule has 1 fully saturated rings. The molecule has 1 saturated heterocycles. The quantitative estimate of drug-likeness (QED) is 0.268. The Labute approximate surface area is 243 Å². The Balaban J connectivity index is 1.24. The van der Waals surface area contributed by atoms with E-state index >= 15 is 0 Å². The van der Waals surface area contributed by atoms with Crippen molar-refractivity contribution in [3.63, 3.8) is 0 Å².